The third-order valence-corrected chi connectivity index (χ3v) is 2.75. The molecule has 1 rings (SSSR count). The molecule has 1 aromatic rings. The van der Waals surface area contributed by atoms with Crippen LogP contribution < -0.4 is 11.3 Å². The summed E-state index contributed by atoms with van der Waals surface area (Å²) in [6, 6.07) is 3.07. The highest BCUT2D eigenvalue weighted by Gasteiger charge is 2.17. The van der Waals surface area contributed by atoms with Gasteiger partial charge in [-0.15, -0.1) is 0 Å². The quantitative estimate of drug-likeness (QED) is 0.442. The summed E-state index contributed by atoms with van der Waals surface area (Å²) < 4.78 is 24.2. The molecular formula is C13H21FN2O2. The van der Waals surface area contributed by atoms with E-state index in [-0.39, 0.29) is 11.9 Å². The molecule has 4 nitrogen and oxygen atoms in total. The van der Waals surface area contributed by atoms with Gasteiger partial charge in [0.05, 0.1) is 25.9 Å². The van der Waals surface area contributed by atoms with Crippen molar-refractivity contribution in [3.05, 3.63) is 34.6 Å². The van der Waals surface area contributed by atoms with E-state index in [1.165, 1.54) is 6.07 Å². The van der Waals surface area contributed by atoms with Gasteiger partial charge < -0.3 is 9.47 Å². The van der Waals surface area contributed by atoms with Crippen molar-refractivity contribution in [3.8, 4) is 0 Å². The molecule has 0 bridgehead atoms. The van der Waals surface area contributed by atoms with Crippen LogP contribution in [0.4, 0.5) is 4.39 Å². The fourth-order valence-corrected chi connectivity index (χ4v) is 1.93. The lowest BCUT2D eigenvalue weighted by molar-refractivity contribution is 0.0580. The summed E-state index contributed by atoms with van der Waals surface area (Å²) in [6.07, 6.45) is 0. The number of aryl methyl sites for hydroxylation is 2. The van der Waals surface area contributed by atoms with Gasteiger partial charge >= 0.3 is 0 Å². The zero-order chi connectivity index (χ0) is 13.5. The summed E-state index contributed by atoms with van der Waals surface area (Å²) in [4.78, 5) is 0. The summed E-state index contributed by atoms with van der Waals surface area (Å²) in [5.74, 6) is 5.21. The minimum Gasteiger partial charge on any atom is -0.382 e. The Kier molecular flexibility index (Phi) is 6.21. The lowest BCUT2D eigenvalue weighted by Crippen LogP contribution is -2.33. The number of nitrogens with two attached hydrogens (primary N) is 1. The summed E-state index contributed by atoms with van der Waals surface area (Å²) >= 11 is 0. The predicted octanol–water partition coefficient (Wildman–Crippen LogP) is 1.61. The van der Waals surface area contributed by atoms with E-state index in [0.29, 0.717) is 25.4 Å². The van der Waals surface area contributed by atoms with E-state index in [1.54, 1.807) is 7.11 Å². The lowest BCUT2D eigenvalue weighted by atomic mass is 9.99. The fraction of sp³-hybridized carbons (Fsp3) is 0.538. The maximum absolute atomic E-state index is 13.9. The largest absolute Gasteiger partial charge is 0.382 e. The molecule has 0 aliphatic rings. The molecular weight excluding hydrogens is 235 g/mol. The van der Waals surface area contributed by atoms with Gasteiger partial charge in [-0.05, 0) is 31.0 Å². The van der Waals surface area contributed by atoms with Crippen molar-refractivity contribution in [1.82, 2.24) is 5.43 Å². The van der Waals surface area contributed by atoms with Crippen LogP contribution in [0.2, 0.25) is 0 Å². The maximum atomic E-state index is 13.9. The number of methoxy groups -OCH3 is 1. The van der Waals surface area contributed by atoms with E-state index in [0.717, 1.165) is 11.1 Å². The second-order valence-electron chi connectivity index (χ2n) is 4.26. The van der Waals surface area contributed by atoms with Gasteiger partial charge in [-0.2, -0.15) is 0 Å². The first-order valence-corrected chi connectivity index (χ1v) is 5.89. The second kappa shape index (κ2) is 7.43. The Bertz CT molecular complexity index is 362. The molecule has 3 N–H and O–H groups in total. The molecule has 102 valence electrons. The van der Waals surface area contributed by atoms with Gasteiger partial charge in [0.2, 0.25) is 0 Å². The van der Waals surface area contributed by atoms with Crippen LogP contribution in [0.1, 0.15) is 22.7 Å². The van der Waals surface area contributed by atoms with Gasteiger partial charge in [-0.25, -0.2) is 4.39 Å². The second-order valence-corrected chi connectivity index (χ2v) is 4.26. The predicted molar refractivity (Wildman–Crippen MR) is 68.6 cm³/mol. The highest BCUT2D eigenvalue weighted by Crippen LogP contribution is 2.22. The van der Waals surface area contributed by atoms with E-state index in [1.807, 2.05) is 19.9 Å². The SMILES string of the molecule is COCCOCC(NN)c1c(C)cc(C)cc1F. The number of nitrogens with one attached hydrogen (secondary N) is 1. The van der Waals surface area contributed by atoms with Gasteiger partial charge in [-0.3, -0.25) is 11.3 Å². The first kappa shape index (κ1) is 15.0. The molecule has 1 atom stereocenters. The molecule has 5 heteroatoms. The van der Waals surface area contributed by atoms with Crippen LogP contribution in [-0.2, 0) is 9.47 Å². The molecule has 18 heavy (non-hydrogen) atoms. The summed E-state index contributed by atoms with van der Waals surface area (Å²) in [6.45, 7) is 5.00. The Morgan fingerprint density at radius 3 is 2.61 bits per heavy atom. The van der Waals surface area contributed by atoms with Gasteiger partial charge in [0.25, 0.3) is 0 Å². The van der Waals surface area contributed by atoms with Crippen molar-refractivity contribution in [2.45, 2.75) is 19.9 Å². The Labute approximate surface area is 107 Å². The molecule has 0 spiro atoms. The highest BCUT2D eigenvalue weighted by molar-refractivity contribution is 5.34. The lowest BCUT2D eigenvalue weighted by Gasteiger charge is -2.19. The van der Waals surface area contributed by atoms with E-state index in [4.69, 9.17) is 15.3 Å². The first-order valence-electron chi connectivity index (χ1n) is 5.89. The number of benzene rings is 1. The van der Waals surface area contributed by atoms with Crippen LogP contribution in [-0.4, -0.2) is 26.9 Å². The Morgan fingerprint density at radius 1 is 1.33 bits per heavy atom. The van der Waals surface area contributed by atoms with Gasteiger partial charge in [0.15, 0.2) is 0 Å². The third kappa shape index (κ3) is 4.03. The van der Waals surface area contributed by atoms with Crippen molar-refractivity contribution in [3.63, 3.8) is 0 Å². The molecule has 1 unspecified atom stereocenters. The molecule has 0 fully saturated rings. The number of halogens is 1. The monoisotopic (exact) mass is 256 g/mol. The van der Waals surface area contributed by atoms with Crippen LogP contribution in [0.25, 0.3) is 0 Å². The molecule has 0 aromatic heterocycles. The van der Waals surface area contributed by atoms with E-state index < -0.39 is 0 Å². The zero-order valence-electron chi connectivity index (χ0n) is 11.1. The standard InChI is InChI=1S/C13H21FN2O2/c1-9-6-10(2)13(11(14)7-9)12(16-15)8-18-5-4-17-3/h6-7,12,16H,4-5,8,15H2,1-3H3. The fourth-order valence-electron chi connectivity index (χ4n) is 1.93. The van der Waals surface area contributed by atoms with Crippen LogP contribution in [0.5, 0.6) is 0 Å². The van der Waals surface area contributed by atoms with E-state index >= 15 is 0 Å². The normalized spacial score (nSPS) is 12.7. The number of hydrazine groups is 1. The van der Waals surface area contributed by atoms with Crippen molar-refractivity contribution in [2.24, 2.45) is 5.84 Å². The van der Waals surface area contributed by atoms with E-state index in [9.17, 15) is 4.39 Å². The zero-order valence-corrected chi connectivity index (χ0v) is 11.1. The molecule has 0 heterocycles. The molecule has 1 aromatic carbocycles. The molecule has 0 saturated heterocycles. The molecule has 0 aliphatic heterocycles. The molecule has 0 aliphatic carbocycles. The summed E-state index contributed by atoms with van der Waals surface area (Å²) in [7, 11) is 1.60. The molecule has 0 saturated carbocycles. The van der Waals surface area contributed by atoms with Gasteiger partial charge in [0, 0.05) is 12.7 Å². The number of hydrogen-bond donors (Lipinski definition) is 2. The number of ether oxygens (including phenoxy) is 2. The first-order chi connectivity index (χ1) is 8.60. The minimum absolute atomic E-state index is 0.259. The van der Waals surface area contributed by atoms with Crippen LogP contribution in [0.15, 0.2) is 12.1 Å². The summed E-state index contributed by atoms with van der Waals surface area (Å²) in [5, 5.41) is 0. The van der Waals surface area contributed by atoms with Crippen molar-refractivity contribution in [2.75, 3.05) is 26.9 Å². The van der Waals surface area contributed by atoms with Crippen molar-refractivity contribution in [1.29, 1.82) is 0 Å². The Hall–Kier alpha value is -1.01. The van der Waals surface area contributed by atoms with Gasteiger partial charge in [0.1, 0.15) is 5.82 Å². The highest BCUT2D eigenvalue weighted by atomic mass is 19.1. The smallest absolute Gasteiger partial charge is 0.128 e. The number of rotatable bonds is 7. The van der Waals surface area contributed by atoms with E-state index in [2.05, 4.69) is 5.43 Å². The molecule has 0 radical (unpaired) electrons. The van der Waals surface area contributed by atoms with Crippen molar-refractivity contribution >= 4 is 0 Å². The van der Waals surface area contributed by atoms with Crippen LogP contribution >= 0.6 is 0 Å². The topological polar surface area (TPSA) is 56.5 Å². The Balaban J connectivity index is 2.75. The molecule has 0 amide bonds. The van der Waals surface area contributed by atoms with Crippen LogP contribution in [0.3, 0.4) is 0 Å². The third-order valence-electron chi connectivity index (χ3n) is 2.75. The van der Waals surface area contributed by atoms with Gasteiger partial charge in [-0.1, -0.05) is 6.07 Å². The maximum Gasteiger partial charge on any atom is 0.128 e. The van der Waals surface area contributed by atoms with Crippen LogP contribution in [0, 0.1) is 19.7 Å². The Morgan fingerprint density at radius 2 is 2.06 bits per heavy atom. The van der Waals surface area contributed by atoms with Crippen molar-refractivity contribution < 1.29 is 13.9 Å². The average Bonchev–Trinajstić information content (AvgIpc) is 2.31. The number of hydrogen-bond acceptors (Lipinski definition) is 4. The summed E-state index contributed by atoms with van der Waals surface area (Å²) in [5.41, 5.74) is 4.91. The average molecular weight is 256 g/mol. The minimum atomic E-state index is -0.359.